The second-order valence-corrected chi connectivity index (χ2v) is 9.01. The number of ether oxygens (including phenoxy) is 2. The minimum absolute atomic E-state index is 0.0395. The summed E-state index contributed by atoms with van der Waals surface area (Å²) in [5, 5.41) is 12.1. The van der Waals surface area contributed by atoms with Gasteiger partial charge < -0.3 is 24.0 Å². The molecule has 0 amide bonds. The van der Waals surface area contributed by atoms with Crippen LogP contribution in [-0.4, -0.2) is 58.3 Å². The van der Waals surface area contributed by atoms with Crippen LogP contribution >= 0.6 is 12.0 Å². The number of methoxy groups -OCH3 is 1. The van der Waals surface area contributed by atoms with Crippen molar-refractivity contribution in [2.75, 3.05) is 20.7 Å². The lowest BCUT2D eigenvalue weighted by Gasteiger charge is -2.65. The molecule has 1 aromatic rings. The number of benzene rings is 1. The Hall–Kier alpha value is -0.950. The molecule has 4 aliphatic rings. The Balaban J connectivity index is 1.84. The Morgan fingerprint density at radius 1 is 1.40 bits per heavy atom. The number of hydrogen-bond acceptors (Lipinski definition) is 6. The van der Waals surface area contributed by atoms with Crippen LogP contribution in [-0.2, 0) is 11.8 Å². The van der Waals surface area contributed by atoms with Gasteiger partial charge in [0.1, 0.15) is 6.10 Å². The van der Waals surface area contributed by atoms with Crippen LogP contribution in [0.15, 0.2) is 12.1 Å². The van der Waals surface area contributed by atoms with Crippen molar-refractivity contribution in [3.8, 4) is 11.5 Å². The van der Waals surface area contributed by atoms with Gasteiger partial charge in [-0.05, 0) is 62.4 Å². The highest BCUT2D eigenvalue weighted by Gasteiger charge is 2.74. The van der Waals surface area contributed by atoms with Crippen molar-refractivity contribution in [2.24, 2.45) is 5.92 Å². The summed E-state index contributed by atoms with van der Waals surface area (Å²) in [6, 6.07) is 4.20. The molecule has 5 rings (SSSR count). The minimum Gasteiger partial charge on any atom is -0.493 e. The van der Waals surface area contributed by atoms with Crippen molar-refractivity contribution in [3.05, 3.63) is 23.3 Å². The molecular weight excluding hydrogens is 338 g/mol. The van der Waals surface area contributed by atoms with Crippen molar-refractivity contribution in [1.29, 1.82) is 0 Å². The van der Waals surface area contributed by atoms with E-state index in [1.807, 2.05) is 6.07 Å². The quantitative estimate of drug-likeness (QED) is 0.787. The summed E-state index contributed by atoms with van der Waals surface area (Å²) in [4.78, 5) is 2.32. The predicted molar refractivity (Wildman–Crippen MR) is 96.6 cm³/mol. The zero-order chi connectivity index (χ0) is 17.6. The van der Waals surface area contributed by atoms with Crippen LogP contribution in [0.4, 0.5) is 0 Å². The van der Waals surface area contributed by atoms with E-state index in [0.29, 0.717) is 0 Å². The number of hydrogen-bond donors (Lipinski definition) is 2. The molecule has 6 unspecified atom stereocenters. The first kappa shape index (κ1) is 16.2. The summed E-state index contributed by atoms with van der Waals surface area (Å²) in [5.74, 6) is 1.62. The van der Waals surface area contributed by atoms with Gasteiger partial charge in [-0.25, -0.2) is 0 Å². The predicted octanol–water partition coefficient (Wildman–Crippen LogP) is 2.30. The SMILES string of the molecule is COc1ccc2c3c1OC1C(SO)CC(C)C4(O)C(C2)N(C)CCC314. The molecule has 2 bridgehead atoms. The Bertz CT molecular complexity index is 742. The van der Waals surface area contributed by atoms with Gasteiger partial charge in [-0.15, -0.1) is 0 Å². The number of likely N-dealkylation sites (tertiary alicyclic amines) is 1. The van der Waals surface area contributed by atoms with Crippen LogP contribution in [0.5, 0.6) is 11.5 Å². The lowest BCUT2D eigenvalue weighted by molar-refractivity contribution is -0.205. The Labute approximate surface area is 152 Å². The average Bonchev–Trinajstić information content (AvgIpc) is 2.96. The topological polar surface area (TPSA) is 62.2 Å². The van der Waals surface area contributed by atoms with Gasteiger partial charge in [-0.1, -0.05) is 13.0 Å². The van der Waals surface area contributed by atoms with Crippen molar-refractivity contribution >= 4 is 12.0 Å². The average molecular weight is 363 g/mol. The molecule has 0 aromatic heterocycles. The van der Waals surface area contributed by atoms with Gasteiger partial charge in [0.2, 0.25) is 0 Å². The summed E-state index contributed by atoms with van der Waals surface area (Å²) in [6.45, 7) is 3.06. The number of piperidine rings is 1. The molecule has 2 heterocycles. The maximum Gasteiger partial charge on any atom is 0.165 e. The standard InChI is InChI=1S/C19H25NO4S/c1-10-8-13(25-22)17-18-6-7-20(2)14(19(10,18)21)9-11-4-5-12(23-3)16(24-17)15(11)18/h4-5,10,13-14,17,21-22H,6-9H2,1-3H3. The fourth-order valence-corrected chi connectivity index (χ4v) is 7.15. The van der Waals surface area contributed by atoms with Gasteiger partial charge in [-0.3, -0.25) is 0 Å². The molecule has 1 saturated heterocycles. The highest BCUT2D eigenvalue weighted by Crippen LogP contribution is 2.67. The first-order chi connectivity index (χ1) is 12.0. The van der Waals surface area contributed by atoms with Crippen LogP contribution in [0.2, 0.25) is 0 Å². The zero-order valence-corrected chi connectivity index (χ0v) is 15.7. The second kappa shape index (κ2) is 5.06. The van der Waals surface area contributed by atoms with Gasteiger partial charge >= 0.3 is 0 Å². The van der Waals surface area contributed by atoms with Crippen LogP contribution in [0, 0.1) is 5.92 Å². The molecule has 6 heteroatoms. The van der Waals surface area contributed by atoms with Gasteiger partial charge in [0.25, 0.3) is 0 Å². The van der Waals surface area contributed by atoms with Crippen molar-refractivity contribution in [1.82, 2.24) is 4.90 Å². The first-order valence-corrected chi connectivity index (χ1v) is 9.92. The molecule has 2 fully saturated rings. The van der Waals surface area contributed by atoms with Crippen molar-refractivity contribution in [3.63, 3.8) is 0 Å². The van der Waals surface area contributed by atoms with Gasteiger partial charge in [-0.2, -0.15) is 0 Å². The number of rotatable bonds is 2. The monoisotopic (exact) mass is 363 g/mol. The lowest BCUT2D eigenvalue weighted by Crippen LogP contribution is -2.78. The van der Waals surface area contributed by atoms with E-state index in [2.05, 4.69) is 24.9 Å². The molecule has 1 spiro atoms. The smallest absolute Gasteiger partial charge is 0.165 e. The maximum absolute atomic E-state index is 12.2. The number of nitrogens with zero attached hydrogens (tertiary/aromatic N) is 1. The summed E-state index contributed by atoms with van der Waals surface area (Å²) in [6.07, 6.45) is 2.21. The molecule has 6 atom stereocenters. The van der Waals surface area contributed by atoms with Crippen molar-refractivity contribution < 1.29 is 19.1 Å². The van der Waals surface area contributed by atoms with E-state index in [1.165, 1.54) is 5.56 Å². The molecule has 136 valence electrons. The minimum atomic E-state index is -0.846. The van der Waals surface area contributed by atoms with E-state index in [9.17, 15) is 9.66 Å². The van der Waals surface area contributed by atoms with Gasteiger partial charge in [0.15, 0.2) is 11.5 Å². The Morgan fingerprint density at radius 3 is 2.92 bits per heavy atom. The Morgan fingerprint density at radius 2 is 2.20 bits per heavy atom. The number of likely N-dealkylation sites (N-methyl/N-ethyl adjacent to an activating group) is 1. The second-order valence-electron chi connectivity index (χ2n) is 8.20. The Kier molecular flexibility index (Phi) is 3.29. The van der Waals surface area contributed by atoms with E-state index in [4.69, 9.17) is 9.47 Å². The molecule has 0 radical (unpaired) electrons. The van der Waals surface area contributed by atoms with Crippen LogP contribution in [0.25, 0.3) is 0 Å². The molecular formula is C19H25NO4S. The third kappa shape index (κ3) is 1.63. The van der Waals surface area contributed by atoms with E-state index in [1.54, 1.807) is 7.11 Å². The van der Waals surface area contributed by atoms with Crippen molar-refractivity contribution in [2.45, 2.75) is 54.6 Å². The molecule has 25 heavy (non-hydrogen) atoms. The first-order valence-electron chi connectivity index (χ1n) is 9.08. The third-order valence-corrected chi connectivity index (χ3v) is 8.15. The summed E-state index contributed by atoms with van der Waals surface area (Å²) in [5.41, 5.74) is 1.10. The largest absolute Gasteiger partial charge is 0.493 e. The molecule has 2 N–H and O–H groups in total. The summed E-state index contributed by atoms with van der Waals surface area (Å²) < 4.78 is 22.0. The summed E-state index contributed by atoms with van der Waals surface area (Å²) in [7, 11) is 3.78. The van der Waals surface area contributed by atoms with E-state index < -0.39 is 11.0 Å². The van der Waals surface area contributed by atoms with E-state index in [0.717, 1.165) is 54.9 Å². The number of aliphatic hydroxyl groups is 1. The highest BCUT2D eigenvalue weighted by molar-refractivity contribution is 7.94. The van der Waals surface area contributed by atoms with Crippen LogP contribution in [0.3, 0.4) is 0 Å². The third-order valence-electron chi connectivity index (χ3n) is 7.44. The van der Waals surface area contributed by atoms with Gasteiger partial charge in [0, 0.05) is 11.6 Å². The van der Waals surface area contributed by atoms with Crippen LogP contribution < -0.4 is 9.47 Å². The fraction of sp³-hybridized carbons (Fsp3) is 0.684. The summed E-state index contributed by atoms with van der Waals surface area (Å²) >= 11 is 0.890. The molecule has 2 aliphatic carbocycles. The molecule has 1 aromatic carbocycles. The molecule has 1 saturated carbocycles. The van der Waals surface area contributed by atoms with Gasteiger partial charge in [0.05, 0.1) is 23.4 Å². The normalized spacial score (nSPS) is 44.2. The highest BCUT2D eigenvalue weighted by atomic mass is 32.2. The molecule has 5 nitrogen and oxygen atoms in total. The lowest BCUT2D eigenvalue weighted by atomic mass is 9.46. The van der Waals surface area contributed by atoms with E-state index in [-0.39, 0.29) is 23.3 Å². The molecule has 2 aliphatic heterocycles. The van der Waals surface area contributed by atoms with E-state index >= 15 is 0 Å². The fourth-order valence-electron chi connectivity index (χ4n) is 6.38. The zero-order valence-electron chi connectivity index (χ0n) is 14.9. The maximum atomic E-state index is 12.2. The van der Waals surface area contributed by atoms with Crippen LogP contribution in [0.1, 0.15) is 30.9 Å².